The van der Waals surface area contributed by atoms with Gasteiger partial charge in [-0.25, -0.2) is 0 Å². The van der Waals surface area contributed by atoms with Crippen LogP contribution in [0, 0.1) is 0 Å². The van der Waals surface area contributed by atoms with Crippen molar-refractivity contribution in [1.82, 2.24) is 4.98 Å². The molecule has 1 atom stereocenters. The van der Waals surface area contributed by atoms with Crippen molar-refractivity contribution in [3.63, 3.8) is 0 Å². The van der Waals surface area contributed by atoms with Crippen LogP contribution in [0.5, 0.6) is 0 Å². The predicted octanol–water partition coefficient (Wildman–Crippen LogP) is 3.30. The fourth-order valence-electron chi connectivity index (χ4n) is 2.50. The molecule has 2 rings (SSSR count). The van der Waals surface area contributed by atoms with Gasteiger partial charge in [-0.05, 0) is 31.4 Å². The number of pyridine rings is 1. The van der Waals surface area contributed by atoms with Gasteiger partial charge in [0, 0.05) is 13.1 Å². The number of aromatic nitrogens is 1. The molecule has 1 aliphatic heterocycles. The fourth-order valence-corrected chi connectivity index (χ4v) is 2.50. The van der Waals surface area contributed by atoms with Crippen LogP contribution in [0.3, 0.4) is 0 Å². The maximum atomic E-state index is 9.74. The second-order valence-corrected chi connectivity index (χ2v) is 5.12. The van der Waals surface area contributed by atoms with E-state index in [1.165, 1.54) is 37.8 Å². The summed E-state index contributed by atoms with van der Waals surface area (Å²) in [6.07, 6.45) is 8.83. The van der Waals surface area contributed by atoms with E-state index in [9.17, 15) is 5.11 Å². The minimum Gasteiger partial charge on any atom is -0.387 e. The van der Waals surface area contributed by atoms with E-state index in [1.807, 2.05) is 19.2 Å². The van der Waals surface area contributed by atoms with Crippen LogP contribution < -0.4 is 4.90 Å². The Morgan fingerprint density at radius 1 is 1.17 bits per heavy atom. The van der Waals surface area contributed by atoms with E-state index < -0.39 is 6.10 Å². The van der Waals surface area contributed by atoms with Gasteiger partial charge in [0.1, 0.15) is 0 Å². The highest BCUT2D eigenvalue weighted by Crippen LogP contribution is 2.21. The number of nitrogens with zero attached hydrogens (tertiary/aromatic N) is 2. The molecule has 1 aromatic rings. The summed E-state index contributed by atoms with van der Waals surface area (Å²) in [7, 11) is 0. The van der Waals surface area contributed by atoms with E-state index in [2.05, 4.69) is 16.0 Å². The smallest absolute Gasteiger partial charge is 0.0957 e. The standard InChI is InChI=1S/C15H24N2O/c1-2-15(18)14-9-8-13(12-16-14)17-10-6-4-3-5-7-11-17/h8-9,12,15,18H,2-7,10-11H2,1H3. The average Bonchev–Trinajstić information content (AvgIpc) is 2.38. The van der Waals surface area contributed by atoms with Crippen molar-refractivity contribution in [1.29, 1.82) is 0 Å². The average molecular weight is 248 g/mol. The normalized spacial score (nSPS) is 19.1. The van der Waals surface area contributed by atoms with Crippen molar-refractivity contribution in [2.75, 3.05) is 18.0 Å². The van der Waals surface area contributed by atoms with Gasteiger partial charge in [0.2, 0.25) is 0 Å². The summed E-state index contributed by atoms with van der Waals surface area (Å²) >= 11 is 0. The molecule has 3 nitrogen and oxygen atoms in total. The third kappa shape index (κ3) is 3.45. The molecular weight excluding hydrogens is 224 g/mol. The lowest BCUT2D eigenvalue weighted by molar-refractivity contribution is 0.169. The van der Waals surface area contributed by atoms with Gasteiger partial charge in [0.05, 0.1) is 23.7 Å². The van der Waals surface area contributed by atoms with Crippen LogP contribution >= 0.6 is 0 Å². The maximum absolute atomic E-state index is 9.74. The molecule has 0 aliphatic carbocycles. The summed E-state index contributed by atoms with van der Waals surface area (Å²) in [5.74, 6) is 0. The molecule has 0 radical (unpaired) electrons. The summed E-state index contributed by atoms with van der Waals surface area (Å²) in [6, 6.07) is 4.06. The first-order valence-electron chi connectivity index (χ1n) is 7.20. The number of anilines is 1. The highest BCUT2D eigenvalue weighted by molar-refractivity contribution is 5.44. The second-order valence-electron chi connectivity index (χ2n) is 5.12. The summed E-state index contributed by atoms with van der Waals surface area (Å²) < 4.78 is 0. The van der Waals surface area contributed by atoms with Crippen LogP contribution in [0.1, 0.15) is 57.2 Å². The first kappa shape index (κ1) is 13.3. The fraction of sp³-hybridized carbons (Fsp3) is 0.667. The van der Waals surface area contributed by atoms with Crippen molar-refractivity contribution >= 4 is 5.69 Å². The molecule has 1 aromatic heterocycles. The Hall–Kier alpha value is -1.09. The largest absolute Gasteiger partial charge is 0.387 e. The van der Waals surface area contributed by atoms with Gasteiger partial charge in [0.15, 0.2) is 0 Å². The predicted molar refractivity (Wildman–Crippen MR) is 74.8 cm³/mol. The van der Waals surface area contributed by atoms with Crippen LogP contribution in [0.15, 0.2) is 18.3 Å². The lowest BCUT2D eigenvalue weighted by atomic mass is 10.1. The van der Waals surface area contributed by atoms with Gasteiger partial charge in [-0.2, -0.15) is 0 Å². The van der Waals surface area contributed by atoms with E-state index in [0.29, 0.717) is 0 Å². The van der Waals surface area contributed by atoms with Crippen LogP contribution in [-0.2, 0) is 0 Å². The number of hydrogen-bond donors (Lipinski definition) is 1. The van der Waals surface area contributed by atoms with Crippen LogP contribution in [0.25, 0.3) is 0 Å². The summed E-state index contributed by atoms with van der Waals surface area (Å²) in [5.41, 5.74) is 1.98. The number of aliphatic hydroxyl groups excluding tert-OH is 1. The van der Waals surface area contributed by atoms with Crippen molar-refractivity contribution < 1.29 is 5.11 Å². The van der Waals surface area contributed by atoms with E-state index in [0.717, 1.165) is 25.2 Å². The monoisotopic (exact) mass is 248 g/mol. The summed E-state index contributed by atoms with van der Waals surface area (Å²) in [5, 5.41) is 9.74. The SMILES string of the molecule is CCC(O)c1ccc(N2CCCCCCC2)cn1. The Labute approximate surface area is 110 Å². The van der Waals surface area contributed by atoms with E-state index in [1.54, 1.807) is 0 Å². The van der Waals surface area contributed by atoms with Crippen molar-refractivity contribution in [2.45, 2.75) is 51.6 Å². The lowest BCUT2D eigenvalue weighted by Crippen LogP contribution is -2.27. The van der Waals surface area contributed by atoms with Gasteiger partial charge in [-0.3, -0.25) is 4.98 Å². The quantitative estimate of drug-likeness (QED) is 0.891. The Kier molecular flexibility index (Phi) is 5.00. The molecule has 1 fully saturated rings. The summed E-state index contributed by atoms with van der Waals surface area (Å²) in [4.78, 5) is 6.81. The number of aliphatic hydroxyl groups is 1. The van der Waals surface area contributed by atoms with Gasteiger partial charge in [0.25, 0.3) is 0 Å². The molecule has 0 spiro atoms. The highest BCUT2D eigenvalue weighted by Gasteiger charge is 2.11. The third-order valence-electron chi connectivity index (χ3n) is 3.72. The molecule has 100 valence electrons. The topological polar surface area (TPSA) is 36.4 Å². The van der Waals surface area contributed by atoms with E-state index in [4.69, 9.17) is 0 Å². The highest BCUT2D eigenvalue weighted by atomic mass is 16.3. The molecule has 1 aliphatic rings. The van der Waals surface area contributed by atoms with Crippen molar-refractivity contribution in [2.24, 2.45) is 0 Å². The van der Waals surface area contributed by atoms with Gasteiger partial charge >= 0.3 is 0 Å². The molecule has 0 saturated carbocycles. The third-order valence-corrected chi connectivity index (χ3v) is 3.72. The van der Waals surface area contributed by atoms with Gasteiger partial charge < -0.3 is 10.0 Å². The zero-order chi connectivity index (χ0) is 12.8. The first-order valence-corrected chi connectivity index (χ1v) is 7.20. The van der Waals surface area contributed by atoms with Crippen LogP contribution in [-0.4, -0.2) is 23.2 Å². The van der Waals surface area contributed by atoms with Gasteiger partial charge in [-0.15, -0.1) is 0 Å². The number of hydrogen-bond acceptors (Lipinski definition) is 3. The molecule has 18 heavy (non-hydrogen) atoms. The zero-order valence-corrected chi connectivity index (χ0v) is 11.3. The Morgan fingerprint density at radius 2 is 1.83 bits per heavy atom. The maximum Gasteiger partial charge on any atom is 0.0957 e. The molecule has 0 amide bonds. The van der Waals surface area contributed by atoms with E-state index in [-0.39, 0.29) is 0 Å². The Morgan fingerprint density at radius 3 is 2.39 bits per heavy atom. The zero-order valence-electron chi connectivity index (χ0n) is 11.3. The van der Waals surface area contributed by atoms with Crippen molar-refractivity contribution in [3.05, 3.63) is 24.0 Å². The molecular formula is C15H24N2O. The van der Waals surface area contributed by atoms with E-state index >= 15 is 0 Å². The summed E-state index contributed by atoms with van der Waals surface area (Å²) in [6.45, 7) is 4.24. The molecule has 1 unspecified atom stereocenters. The van der Waals surface area contributed by atoms with Crippen LogP contribution in [0.4, 0.5) is 5.69 Å². The Bertz CT molecular complexity index is 342. The lowest BCUT2D eigenvalue weighted by Gasteiger charge is -2.26. The molecule has 0 bridgehead atoms. The second kappa shape index (κ2) is 6.74. The van der Waals surface area contributed by atoms with Crippen molar-refractivity contribution in [3.8, 4) is 0 Å². The molecule has 1 saturated heterocycles. The molecule has 0 aromatic carbocycles. The Balaban J connectivity index is 2.02. The van der Waals surface area contributed by atoms with Crippen LogP contribution in [0.2, 0.25) is 0 Å². The molecule has 3 heteroatoms. The van der Waals surface area contributed by atoms with Gasteiger partial charge in [-0.1, -0.05) is 26.2 Å². The first-order chi connectivity index (χ1) is 8.81. The molecule has 1 N–H and O–H groups in total. The molecule has 2 heterocycles. The minimum atomic E-state index is -0.425. The minimum absolute atomic E-state index is 0.425. The number of rotatable bonds is 3.